The standard InChI is InChI=1S/C8H10N4O2/c1-5-2-3-6(4-10-5)7(13)11-12-8(9)14/h2-4H,1H3,(H,11,13)(H3,9,12,14). The lowest BCUT2D eigenvalue weighted by Gasteiger charge is -2.03. The first-order valence-corrected chi connectivity index (χ1v) is 3.88. The van der Waals surface area contributed by atoms with Gasteiger partial charge in [0.1, 0.15) is 0 Å². The number of carbonyl (C=O) groups is 2. The van der Waals surface area contributed by atoms with Gasteiger partial charge in [0.15, 0.2) is 0 Å². The van der Waals surface area contributed by atoms with Crippen LogP contribution in [-0.2, 0) is 0 Å². The van der Waals surface area contributed by atoms with Crippen molar-refractivity contribution in [3.63, 3.8) is 0 Å². The molecule has 6 nitrogen and oxygen atoms in total. The third-order valence-corrected chi connectivity index (χ3v) is 1.47. The van der Waals surface area contributed by atoms with Crippen LogP contribution < -0.4 is 16.6 Å². The highest BCUT2D eigenvalue weighted by molar-refractivity contribution is 5.94. The van der Waals surface area contributed by atoms with E-state index < -0.39 is 11.9 Å². The quantitative estimate of drug-likeness (QED) is 0.535. The minimum absolute atomic E-state index is 0.351. The topological polar surface area (TPSA) is 97.1 Å². The molecule has 0 aliphatic carbocycles. The molecule has 6 heteroatoms. The number of aryl methyl sites for hydroxylation is 1. The summed E-state index contributed by atoms with van der Waals surface area (Å²) in [4.78, 5) is 25.4. The molecule has 0 saturated heterocycles. The number of amides is 3. The fourth-order valence-corrected chi connectivity index (χ4v) is 0.793. The van der Waals surface area contributed by atoms with Gasteiger partial charge in [-0.1, -0.05) is 0 Å². The molecular weight excluding hydrogens is 184 g/mol. The van der Waals surface area contributed by atoms with Crippen molar-refractivity contribution >= 4 is 11.9 Å². The number of hydrogen-bond acceptors (Lipinski definition) is 3. The molecular formula is C8H10N4O2. The van der Waals surface area contributed by atoms with Crippen molar-refractivity contribution in [1.82, 2.24) is 15.8 Å². The molecule has 4 N–H and O–H groups in total. The molecule has 0 aromatic carbocycles. The lowest BCUT2D eigenvalue weighted by molar-refractivity contribution is 0.0937. The van der Waals surface area contributed by atoms with Crippen LogP contribution >= 0.6 is 0 Å². The summed E-state index contributed by atoms with van der Waals surface area (Å²) in [5.41, 5.74) is 10.0. The third kappa shape index (κ3) is 2.74. The van der Waals surface area contributed by atoms with Crippen LogP contribution in [0.2, 0.25) is 0 Å². The van der Waals surface area contributed by atoms with Crippen molar-refractivity contribution in [2.24, 2.45) is 5.73 Å². The monoisotopic (exact) mass is 194 g/mol. The molecule has 0 radical (unpaired) electrons. The van der Waals surface area contributed by atoms with E-state index in [-0.39, 0.29) is 0 Å². The number of carbonyl (C=O) groups excluding carboxylic acids is 2. The van der Waals surface area contributed by atoms with Crippen LogP contribution in [0.5, 0.6) is 0 Å². The highest BCUT2D eigenvalue weighted by Gasteiger charge is 2.04. The Bertz CT molecular complexity index is 347. The van der Waals surface area contributed by atoms with Crippen LogP contribution in [0, 0.1) is 6.92 Å². The maximum Gasteiger partial charge on any atom is 0.330 e. The summed E-state index contributed by atoms with van der Waals surface area (Å²) in [5.74, 6) is -0.462. The molecule has 0 atom stereocenters. The average Bonchev–Trinajstić information content (AvgIpc) is 2.15. The fourth-order valence-electron chi connectivity index (χ4n) is 0.793. The fraction of sp³-hybridized carbons (Fsp3) is 0.125. The number of pyridine rings is 1. The largest absolute Gasteiger partial charge is 0.350 e. The lowest BCUT2D eigenvalue weighted by atomic mass is 10.2. The predicted molar refractivity (Wildman–Crippen MR) is 49.2 cm³/mol. The second kappa shape index (κ2) is 4.22. The second-order valence-electron chi connectivity index (χ2n) is 2.63. The molecule has 0 aliphatic rings. The van der Waals surface area contributed by atoms with Crippen LogP contribution in [0.1, 0.15) is 16.1 Å². The Morgan fingerprint density at radius 1 is 1.36 bits per heavy atom. The normalized spacial score (nSPS) is 9.21. The zero-order chi connectivity index (χ0) is 10.6. The van der Waals surface area contributed by atoms with Gasteiger partial charge in [-0.2, -0.15) is 0 Å². The van der Waals surface area contributed by atoms with Gasteiger partial charge in [0, 0.05) is 11.9 Å². The maximum absolute atomic E-state index is 11.2. The molecule has 14 heavy (non-hydrogen) atoms. The Morgan fingerprint density at radius 3 is 2.57 bits per heavy atom. The summed E-state index contributed by atoms with van der Waals surface area (Å²) in [6.07, 6.45) is 1.41. The zero-order valence-electron chi connectivity index (χ0n) is 7.57. The molecule has 0 bridgehead atoms. The molecule has 0 spiro atoms. The number of aromatic nitrogens is 1. The van der Waals surface area contributed by atoms with Crippen molar-refractivity contribution in [2.45, 2.75) is 6.92 Å². The molecule has 1 aromatic heterocycles. The summed E-state index contributed by atoms with van der Waals surface area (Å²) >= 11 is 0. The van der Waals surface area contributed by atoms with E-state index in [1.54, 1.807) is 12.1 Å². The van der Waals surface area contributed by atoms with Gasteiger partial charge in [0.25, 0.3) is 5.91 Å². The molecule has 74 valence electrons. The number of nitrogens with two attached hydrogens (primary N) is 1. The van der Waals surface area contributed by atoms with Gasteiger partial charge in [-0.05, 0) is 19.1 Å². The Morgan fingerprint density at radius 2 is 2.07 bits per heavy atom. The number of rotatable bonds is 1. The van der Waals surface area contributed by atoms with Gasteiger partial charge in [0.2, 0.25) is 0 Å². The summed E-state index contributed by atoms with van der Waals surface area (Å²) in [6, 6.07) is 2.47. The molecule has 0 saturated carbocycles. The smallest absolute Gasteiger partial charge is 0.330 e. The van der Waals surface area contributed by atoms with Crippen molar-refractivity contribution < 1.29 is 9.59 Å². The third-order valence-electron chi connectivity index (χ3n) is 1.47. The first kappa shape index (κ1) is 9.97. The van der Waals surface area contributed by atoms with Crippen molar-refractivity contribution in [2.75, 3.05) is 0 Å². The van der Waals surface area contributed by atoms with Crippen molar-refractivity contribution in [1.29, 1.82) is 0 Å². The van der Waals surface area contributed by atoms with E-state index in [4.69, 9.17) is 5.73 Å². The summed E-state index contributed by atoms with van der Waals surface area (Å²) in [6.45, 7) is 1.81. The van der Waals surface area contributed by atoms with Crippen LogP contribution in [0.25, 0.3) is 0 Å². The zero-order valence-corrected chi connectivity index (χ0v) is 7.57. The van der Waals surface area contributed by atoms with Crippen LogP contribution in [0.15, 0.2) is 18.3 Å². The number of nitrogens with one attached hydrogen (secondary N) is 2. The number of hydrazine groups is 1. The molecule has 0 fully saturated rings. The summed E-state index contributed by atoms with van der Waals surface area (Å²) < 4.78 is 0. The van der Waals surface area contributed by atoms with E-state index in [1.165, 1.54) is 6.20 Å². The first-order valence-electron chi connectivity index (χ1n) is 3.88. The summed E-state index contributed by atoms with van der Waals surface area (Å²) in [7, 11) is 0. The van der Waals surface area contributed by atoms with Crippen LogP contribution in [-0.4, -0.2) is 16.9 Å². The van der Waals surface area contributed by atoms with Gasteiger partial charge in [-0.3, -0.25) is 15.2 Å². The minimum Gasteiger partial charge on any atom is -0.350 e. The first-order chi connectivity index (χ1) is 6.59. The maximum atomic E-state index is 11.2. The Balaban J connectivity index is 2.61. The Kier molecular flexibility index (Phi) is 3.01. The summed E-state index contributed by atoms with van der Waals surface area (Å²) in [5, 5.41) is 0. The Labute approximate surface area is 80.5 Å². The Hall–Kier alpha value is -2.11. The predicted octanol–water partition coefficient (Wildman–Crippen LogP) is -0.297. The van der Waals surface area contributed by atoms with E-state index >= 15 is 0 Å². The van der Waals surface area contributed by atoms with E-state index in [1.807, 2.05) is 12.3 Å². The molecule has 3 amide bonds. The molecule has 0 aliphatic heterocycles. The van der Waals surface area contributed by atoms with Crippen LogP contribution in [0.3, 0.4) is 0 Å². The minimum atomic E-state index is -0.821. The number of hydrogen-bond donors (Lipinski definition) is 3. The highest BCUT2D eigenvalue weighted by atomic mass is 16.2. The van der Waals surface area contributed by atoms with Gasteiger partial charge in [0.05, 0.1) is 5.56 Å². The van der Waals surface area contributed by atoms with E-state index in [9.17, 15) is 9.59 Å². The van der Waals surface area contributed by atoms with E-state index in [2.05, 4.69) is 10.4 Å². The number of primary amides is 1. The van der Waals surface area contributed by atoms with Gasteiger partial charge in [-0.15, -0.1) is 0 Å². The van der Waals surface area contributed by atoms with Crippen molar-refractivity contribution in [3.8, 4) is 0 Å². The number of nitrogens with zero attached hydrogens (tertiary/aromatic N) is 1. The average molecular weight is 194 g/mol. The van der Waals surface area contributed by atoms with Gasteiger partial charge >= 0.3 is 6.03 Å². The van der Waals surface area contributed by atoms with Crippen LogP contribution in [0.4, 0.5) is 4.79 Å². The molecule has 1 aromatic rings. The molecule has 1 heterocycles. The molecule has 0 unspecified atom stereocenters. The van der Waals surface area contributed by atoms with E-state index in [0.29, 0.717) is 5.56 Å². The second-order valence-corrected chi connectivity index (χ2v) is 2.63. The highest BCUT2D eigenvalue weighted by Crippen LogP contribution is 1.97. The molecule has 1 rings (SSSR count). The van der Waals surface area contributed by atoms with Gasteiger partial charge in [-0.25, -0.2) is 10.2 Å². The van der Waals surface area contributed by atoms with Crippen molar-refractivity contribution in [3.05, 3.63) is 29.6 Å². The number of urea groups is 1. The lowest BCUT2D eigenvalue weighted by Crippen LogP contribution is -2.44. The van der Waals surface area contributed by atoms with E-state index in [0.717, 1.165) is 5.69 Å². The SMILES string of the molecule is Cc1ccc(C(=O)NNC(N)=O)cn1. The van der Waals surface area contributed by atoms with Gasteiger partial charge < -0.3 is 5.73 Å².